The van der Waals surface area contributed by atoms with Crippen molar-refractivity contribution in [2.24, 2.45) is 0 Å². The summed E-state index contributed by atoms with van der Waals surface area (Å²) in [5, 5.41) is 5.54. The largest absolute Gasteiger partial charge is 0.348 e. The van der Waals surface area contributed by atoms with Crippen LogP contribution < -0.4 is 5.32 Å². The second-order valence-electron chi connectivity index (χ2n) is 8.08. The molecule has 1 saturated heterocycles. The van der Waals surface area contributed by atoms with Crippen LogP contribution in [-0.2, 0) is 9.59 Å². The first-order chi connectivity index (χ1) is 14.3. The van der Waals surface area contributed by atoms with Gasteiger partial charge in [-0.3, -0.25) is 19.4 Å². The number of benzene rings is 1. The van der Waals surface area contributed by atoms with Gasteiger partial charge in [0.1, 0.15) is 0 Å². The molecule has 1 aliphatic heterocycles. The van der Waals surface area contributed by atoms with E-state index in [1.165, 1.54) is 22.5 Å². The van der Waals surface area contributed by atoms with Gasteiger partial charge in [-0.2, -0.15) is 0 Å². The SMILES string of the molecule is Cc1ccc(-c2csc(NC(=O)CN3CCCN(CC(=O)N(C)C)CC3)n2)cc1C. The highest BCUT2D eigenvalue weighted by atomic mass is 32.1. The molecule has 0 atom stereocenters. The third-order valence-corrected chi connectivity index (χ3v) is 6.22. The molecule has 2 aromatic rings. The number of aromatic nitrogens is 1. The predicted octanol–water partition coefficient (Wildman–Crippen LogP) is 2.46. The van der Waals surface area contributed by atoms with Gasteiger partial charge < -0.3 is 10.2 Å². The first-order valence-corrected chi connectivity index (χ1v) is 11.2. The lowest BCUT2D eigenvalue weighted by Crippen LogP contribution is -2.39. The molecule has 0 spiro atoms. The number of thiazole rings is 1. The first-order valence-electron chi connectivity index (χ1n) is 10.3. The normalized spacial score (nSPS) is 15.6. The highest BCUT2D eigenvalue weighted by Gasteiger charge is 2.20. The molecule has 162 valence electrons. The summed E-state index contributed by atoms with van der Waals surface area (Å²) in [5.74, 6) is 0.0679. The topological polar surface area (TPSA) is 68.8 Å². The zero-order chi connectivity index (χ0) is 21.7. The molecule has 1 N–H and O–H groups in total. The lowest BCUT2D eigenvalue weighted by molar-refractivity contribution is -0.129. The molecule has 30 heavy (non-hydrogen) atoms. The number of nitrogens with zero attached hydrogens (tertiary/aromatic N) is 4. The molecule has 0 bridgehead atoms. The summed E-state index contributed by atoms with van der Waals surface area (Å²) in [6.07, 6.45) is 0.947. The molecule has 1 fully saturated rings. The van der Waals surface area contributed by atoms with E-state index in [1.807, 2.05) is 5.38 Å². The Kier molecular flexibility index (Phi) is 7.58. The van der Waals surface area contributed by atoms with Gasteiger partial charge in [-0.05, 0) is 50.6 Å². The van der Waals surface area contributed by atoms with Crippen LogP contribution in [0.2, 0.25) is 0 Å². The third-order valence-electron chi connectivity index (χ3n) is 5.46. The van der Waals surface area contributed by atoms with Gasteiger partial charge in [-0.1, -0.05) is 12.1 Å². The molecule has 3 rings (SSSR count). The maximum atomic E-state index is 12.5. The average Bonchev–Trinajstić information content (AvgIpc) is 3.04. The minimum absolute atomic E-state index is 0.0474. The molecule has 7 nitrogen and oxygen atoms in total. The van der Waals surface area contributed by atoms with Gasteiger partial charge in [-0.25, -0.2) is 4.98 Å². The van der Waals surface area contributed by atoms with E-state index in [0.29, 0.717) is 18.2 Å². The monoisotopic (exact) mass is 429 g/mol. The number of rotatable bonds is 6. The van der Waals surface area contributed by atoms with E-state index in [0.717, 1.165) is 43.9 Å². The Bertz CT molecular complexity index is 895. The number of hydrogen-bond acceptors (Lipinski definition) is 6. The van der Waals surface area contributed by atoms with Crippen LogP contribution in [0.5, 0.6) is 0 Å². The predicted molar refractivity (Wildman–Crippen MR) is 122 cm³/mol. The summed E-state index contributed by atoms with van der Waals surface area (Å²) in [6.45, 7) is 8.26. The first kappa shape index (κ1) is 22.4. The lowest BCUT2D eigenvalue weighted by Gasteiger charge is -2.22. The number of likely N-dealkylation sites (N-methyl/N-ethyl adjacent to an activating group) is 1. The summed E-state index contributed by atoms with van der Waals surface area (Å²) in [6, 6.07) is 6.28. The number of amides is 2. The molecule has 2 amide bonds. The maximum absolute atomic E-state index is 12.5. The number of anilines is 1. The number of nitrogens with one attached hydrogen (secondary N) is 1. The number of aryl methyl sites for hydroxylation is 2. The number of carbonyl (C=O) groups is 2. The summed E-state index contributed by atoms with van der Waals surface area (Å²) in [4.78, 5) is 35.0. The zero-order valence-electron chi connectivity index (χ0n) is 18.3. The van der Waals surface area contributed by atoms with Crippen LogP contribution in [0, 0.1) is 13.8 Å². The summed E-state index contributed by atoms with van der Waals surface area (Å²) in [7, 11) is 3.56. The van der Waals surface area contributed by atoms with Gasteiger partial charge in [0.15, 0.2) is 5.13 Å². The van der Waals surface area contributed by atoms with Crippen molar-refractivity contribution in [3.05, 3.63) is 34.7 Å². The van der Waals surface area contributed by atoms with Crippen LogP contribution in [0.25, 0.3) is 11.3 Å². The van der Waals surface area contributed by atoms with E-state index in [9.17, 15) is 9.59 Å². The molecule has 0 saturated carbocycles. The van der Waals surface area contributed by atoms with E-state index in [1.54, 1.807) is 19.0 Å². The van der Waals surface area contributed by atoms with Crippen molar-refractivity contribution < 1.29 is 9.59 Å². The van der Waals surface area contributed by atoms with Gasteiger partial charge >= 0.3 is 0 Å². The molecular formula is C22H31N5O2S. The van der Waals surface area contributed by atoms with Crippen LogP contribution in [0.3, 0.4) is 0 Å². The van der Waals surface area contributed by atoms with Crippen molar-refractivity contribution in [1.82, 2.24) is 19.7 Å². The molecule has 2 heterocycles. The molecule has 1 aliphatic rings. The molecule has 8 heteroatoms. The highest BCUT2D eigenvalue weighted by Crippen LogP contribution is 2.26. The van der Waals surface area contributed by atoms with Crippen molar-refractivity contribution >= 4 is 28.3 Å². The number of carbonyl (C=O) groups excluding carboxylic acids is 2. The smallest absolute Gasteiger partial charge is 0.240 e. The second-order valence-corrected chi connectivity index (χ2v) is 8.94. The van der Waals surface area contributed by atoms with Crippen molar-refractivity contribution in [3.63, 3.8) is 0 Å². The molecule has 1 aromatic heterocycles. The Morgan fingerprint density at radius 3 is 2.43 bits per heavy atom. The average molecular weight is 430 g/mol. The van der Waals surface area contributed by atoms with Crippen molar-refractivity contribution in [2.75, 3.05) is 58.7 Å². The minimum Gasteiger partial charge on any atom is -0.348 e. The van der Waals surface area contributed by atoms with Gasteiger partial charge in [0.25, 0.3) is 0 Å². The Morgan fingerprint density at radius 1 is 1.07 bits per heavy atom. The molecule has 0 radical (unpaired) electrons. The number of hydrogen-bond donors (Lipinski definition) is 1. The fourth-order valence-electron chi connectivity index (χ4n) is 3.40. The van der Waals surface area contributed by atoms with Crippen molar-refractivity contribution in [2.45, 2.75) is 20.3 Å². The fraction of sp³-hybridized carbons (Fsp3) is 0.500. The van der Waals surface area contributed by atoms with E-state index >= 15 is 0 Å². The van der Waals surface area contributed by atoms with Gasteiger partial charge in [-0.15, -0.1) is 11.3 Å². The standard InChI is InChI=1S/C22H31N5O2S/c1-16-6-7-18(12-17(16)2)19-15-30-22(23-19)24-20(28)13-26-8-5-9-27(11-10-26)14-21(29)25(3)4/h6-7,12,15H,5,8-11,13-14H2,1-4H3,(H,23,24,28). The molecule has 0 aliphatic carbocycles. The second kappa shape index (κ2) is 10.1. The quantitative estimate of drug-likeness (QED) is 0.764. The van der Waals surface area contributed by atoms with E-state index in [4.69, 9.17) is 0 Å². The van der Waals surface area contributed by atoms with E-state index in [2.05, 4.69) is 52.1 Å². The Hall–Kier alpha value is -2.29. The molecule has 1 aromatic carbocycles. The molecule has 0 unspecified atom stereocenters. The van der Waals surface area contributed by atoms with E-state index < -0.39 is 0 Å². The fourth-order valence-corrected chi connectivity index (χ4v) is 4.14. The summed E-state index contributed by atoms with van der Waals surface area (Å²) in [5.41, 5.74) is 4.43. The van der Waals surface area contributed by atoms with Crippen LogP contribution in [-0.4, -0.2) is 84.9 Å². The zero-order valence-corrected chi connectivity index (χ0v) is 19.1. The third kappa shape index (κ3) is 6.10. The van der Waals surface area contributed by atoms with Crippen LogP contribution in [0.1, 0.15) is 17.5 Å². The van der Waals surface area contributed by atoms with Crippen LogP contribution in [0.15, 0.2) is 23.6 Å². The minimum atomic E-state index is -0.0474. The van der Waals surface area contributed by atoms with Gasteiger partial charge in [0, 0.05) is 38.1 Å². The van der Waals surface area contributed by atoms with Crippen molar-refractivity contribution in [1.29, 1.82) is 0 Å². The summed E-state index contributed by atoms with van der Waals surface area (Å²) >= 11 is 1.45. The van der Waals surface area contributed by atoms with Gasteiger partial charge in [0.2, 0.25) is 11.8 Å². The Balaban J connectivity index is 1.50. The summed E-state index contributed by atoms with van der Waals surface area (Å²) < 4.78 is 0. The Labute approximate surface area is 182 Å². The van der Waals surface area contributed by atoms with Crippen LogP contribution in [0.4, 0.5) is 5.13 Å². The molecular weight excluding hydrogens is 398 g/mol. The van der Waals surface area contributed by atoms with Crippen molar-refractivity contribution in [3.8, 4) is 11.3 Å². The Morgan fingerprint density at radius 2 is 1.77 bits per heavy atom. The van der Waals surface area contributed by atoms with Crippen LogP contribution >= 0.6 is 11.3 Å². The maximum Gasteiger partial charge on any atom is 0.240 e. The van der Waals surface area contributed by atoms with E-state index in [-0.39, 0.29) is 11.8 Å². The lowest BCUT2D eigenvalue weighted by atomic mass is 10.1. The van der Waals surface area contributed by atoms with Gasteiger partial charge in [0.05, 0.1) is 18.8 Å². The highest BCUT2D eigenvalue weighted by molar-refractivity contribution is 7.14.